The maximum atomic E-state index is 6.24. The maximum absolute atomic E-state index is 6.24. The van der Waals surface area contributed by atoms with E-state index in [2.05, 4.69) is 33.2 Å². The van der Waals surface area contributed by atoms with Gasteiger partial charge < -0.3 is 10.5 Å². The lowest BCUT2D eigenvalue weighted by molar-refractivity contribution is 0.352. The van der Waals surface area contributed by atoms with Gasteiger partial charge in [-0.1, -0.05) is 15.9 Å². The van der Waals surface area contributed by atoms with E-state index in [9.17, 15) is 0 Å². The molecule has 1 aromatic heterocycles. The predicted molar refractivity (Wildman–Crippen MR) is 77.2 cm³/mol. The lowest BCUT2D eigenvalue weighted by Gasteiger charge is -2.13. The number of aryl methyl sites for hydroxylation is 1. The third kappa shape index (κ3) is 2.53. The number of aromatic nitrogens is 2. The van der Waals surface area contributed by atoms with Gasteiger partial charge in [-0.2, -0.15) is 5.10 Å². The van der Waals surface area contributed by atoms with Crippen molar-refractivity contribution in [3.63, 3.8) is 0 Å². The SMILES string of the molecule is Cn1ccc(C(N)Cc2cc(Br)cc3c2OCC3)n1. The summed E-state index contributed by atoms with van der Waals surface area (Å²) in [6, 6.07) is 6.07. The maximum Gasteiger partial charge on any atom is 0.125 e. The summed E-state index contributed by atoms with van der Waals surface area (Å²) in [7, 11) is 1.90. The number of benzene rings is 1. The Kier molecular flexibility index (Phi) is 3.33. The van der Waals surface area contributed by atoms with Crippen molar-refractivity contribution in [2.75, 3.05) is 6.61 Å². The van der Waals surface area contributed by atoms with Crippen molar-refractivity contribution in [2.45, 2.75) is 18.9 Å². The van der Waals surface area contributed by atoms with Crippen LogP contribution in [0.1, 0.15) is 22.9 Å². The molecule has 0 bridgehead atoms. The van der Waals surface area contributed by atoms with Gasteiger partial charge in [0.1, 0.15) is 5.75 Å². The zero-order valence-corrected chi connectivity index (χ0v) is 12.4. The Morgan fingerprint density at radius 1 is 1.53 bits per heavy atom. The summed E-state index contributed by atoms with van der Waals surface area (Å²) in [5.74, 6) is 1.01. The molecule has 1 aliphatic rings. The highest BCUT2D eigenvalue weighted by molar-refractivity contribution is 9.10. The standard InChI is InChI=1S/C14H16BrN3O/c1-18-4-2-13(17-18)12(16)8-10-7-11(15)6-9-3-5-19-14(9)10/h2,4,6-7,12H,3,5,8,16H2,1H3. The van der Waals surface area contributed by atoms with Gasteiger partial charge >= 0.3 is 0 Å². The molecule has 5 heteroatoms. The fourth-order valence-corrected chi connectivity index (χ4v) is 3.02. The van der Waals surface area contributed by atoms with E-state index in [1.807, 2.05) is 19.3 Å². The second-order valence-corrected chi connectivity index (χ2v) is 5.79. The van der Waals surface area contributed by atoms with Crippen LogP contribution in [-0.2, 0) is 19.9 Å². The average molecular weight is 322 g/mol. The Bertz CT molecular complexity index is 609. The molecule has 4 nitrogen and oxygen atoms in total. The molecule has 0 saturated carbocycles. The van der Waals surface area contributed by atoms with E-state index in [4.69, 9.17) is 10.5 Å². The van der Waals surface area contributed by atoms with Gasteiger partial charge in [-0.3, -0.25) is 4.68 Å². The first-order valence-electron chi connectivity index (χ1n) is 6.32. The lowest BCUT2D eigenvalue weighted by Crippen LogP contribution is -2.15. The third-order valence-corrected chi connectivity index (χ3v) is 3.84. The number of nitrogens with zero attached hydrogens (tertiary/aromatic N) is 2. The van der Waals surface area contributed by atoms with Gasteiger partial charge in [-0.25, -0.2) is 0 Å². The number of nitrogens with two attached hydrogens (primary N) is 1. The Hall–Kier alpha value is -1.33. The molecule has 2 aromatic rings. The number of fused-ring (bicyclic) bond motifs is 1. The van der Waals surface area contributed by atoms with Crippen molar-refractivity contribution in [3.05, 3.63) is 45.7 Å². The van der Waals surface area contributed by atoms with E-state index in [-0.39, 0.29) is 6.04 Å². The molecule has 19 heavy (non-hydrogen) atoms. The minimum absolute atomic E-state index is 0.108. The first kappa shape index (κ1) is 12.7. The molecule has 0 fully saturated rings. The van der Waals surface area contributed by atoms with Gasteiger partial charge in [0.25, 0.3) is 0 Å². The van der Waals surface area contributed by atoms with Crippen LogP contribution < -0.4 is 10.5 Å². The first-order valence-corrected chi connectivity index (χ1v) is 7.12. The van der Waals surface area contributed by atoms with Crippen LogP contribution in [0.2, 0.25) is 0 Å². The zero-order chi connectivity index (χ0) is 13.4. The quantitative estimate of drug-likeness (QED) is 0.944. The molecule has 1 aromatic carbocycles. The van der Waals surface area contributed by atoms with Crippen LogP contribution in [-0.4, -0.2) is 16.4 Å². The fraction of sp³-hybridized carbons (Fsp3) is 0.357. The van der Waals surface area contributed by atoms with Crippen LogP contribution in [0.15, 0.2) is 28.9 Å². The Morgan fingerprint density at radius 2 is 2.37 bits per heavy atom. The minimum atomic E-state index is -0.108. The van der Waals surface area contributed by atoms with Crippen molar-refractivity contribution in [3.8, 4) is 5.75 Å². The topological polar surface area (TPSA) is 53.1 Å². The summed E-state index contributed by atoms with van der Waals surface area (Å²) >= 11 is 3.55. The van der Waals surface area contributed by atoms with E-state index in [0.717, 1.165) is 40.9 Å². The van der Waals surface area contributed by atoms with E-state index in [0.29, 0.717) is 0 Å². The van der Waals surface area contributed by atoms with Crippen molar-refractivity contribution in [1.29, 1.82) is 0 Å². The predicted octanol–water partition coefficient (Wildman–Crippen LogP) is 2.36. The molecule has 3 rings (SSSR count). The second kappa shape index (κ2) is 4.98. The highest BCUT2D eigenvalue weighted by Gasteiger charge is 2.20. The van der Waals surface area contributed by atoms with Crippen LogP contribution in [0, 0.1) is 0 Å². The largest absolute Gasteiger partial charge is 0.493 e. The summed E-state index contributed by atoms with van der Waals surface area (Å²) < 4.78 is 8.58. The monoisotopic (exact) mass is 321 g/mol. The average Bonchev–Trinajstić information content (AvgIpc) is 2.97. The van der Waals surface area contributed by atoms with E-state index in [1.165, 1.54) is 5.56 Å². The van der Waals surface area contributed by atoms with E-state index < -0.39 is 0 Å². The van der Waals surface area contributed by atoms with Gasteiger partial charge in [0, 0.05) is 24.1 Å². The first-order chi connectivity index (χ1) is 9.13. The van der Waals surface area contributed by atoms with E-state index in [1.54, 1.807) is 4.68 Å². The molecule has 2 heterocycles. The van der Waals surface area contributed by atoms with Crippen molar-refractivity contribution in [1.82, 2.24) is 9.78 Å². The Labute approximate surface area is 120 Å². The van der Waals surface area contributed by atoms with Gasteiger partial charge in [-0.15, -0.1) is 0 Å². The highest BCUT2D eigenvalue weighted by atomic mass is 79.9. The fourth-order valence-electron chi connectivity index (χ4n) is 2.47. The lowest BCUT2D eigenvalue weighted by atomic mass is 10.0. The van der Waals surface area contributed by atoms with Gasteiger partial charge in [0.05, 0.1) is 18.3 Å². The number of ether oxygens (including phenoxy) is 1. The Balaban J connectivity index is 1.87. The summed E-state index contributed by atoms with van der Waals surface area (Å²) in [5, 5.41) is 4.36. The molecule has 0 spiro atoms. The summed E-state index contributed by atoms with van der Waals surface area (Å²) in [6.07, 6.45) is 3.62. The normalized spacial score (nSPS) is 15.1. The molecule has 1 atom stereocenters. The highest BCUT2D eigenvalue weighted by Crippen LogP contribution is 2.34. The summed E-state index contributed by atoms with van der Waals surface area (Å²) in [4.78, 5) is 0. The van der Waals surface area contributed by atoms with Gasteiger partial charge in [-0.05, 0) is 35.7 Å². The summed E-state index contributed by atoms with van der Waals surface area (Å²) in [6.45, 7) is 0.762. The third-order valence-electron chi connectivity index (χ3n) is 3.38. The van der Waals surface area contributed by atoms with Crippen molar-refractivity contribution < 1.29 is 4.74 Å². The number of halogens is 1. The number of hydrogen-bond donors (Lipinski definition) is 1. The summed E-state index contributed by atoms with van der Waals surface area (Å²) in [5.41, 5.74) is 9.56. The molecular formula is C14H16BrN3O. The van der Waals surface area contributed by atoms with Gasteiger partial charge in [0.2, 0.25) is 0 Å². The van der Waals surface area contributed by atoms with E-state index >= 15 is 0 Å². The van der Waals surface area contributed by atoms with Crippen molar-refractivity contribution in [2.24, 2.45) is 12.8 Å². The number of rotatable bonds is 3. The van der Waals surface area contributed by atoms with Crippen LogP contribution in [0.5, 0.6) is 5.75 Å². The van der Waals surface area contributed by atoms with Gasteiger partial charge in [0.15, 0.2) is 0 Å². The molecule has 1 aliphatic heterocycles. The number of hydrogen-bond acceptors (Lipinski definition) is 3. The van der Waals surface area contributed by atoms with Crippen LogP contribution in [0.4, 0.5) is 0 Å². The molecule has 0 saturated heterocycles. The molecular weight excluding hydrogens is 306 g/mol. The van der Waals surface area contributed by atoms with Crippen LogP contribution in [0.3, 0.4) is 0 Å². The molecule has 0 aliphatic carbocycles. The molecule has 100 valence electrons. The molecule has 1 unspecified atom stereocenters. The van der Waals surface area contributed by atoms with Crippen LogP contribution in [0.25, 0.3) is 0 Å². The van der Waals surface area contributed by atoms with Crippen LogP contribution >= 0.6 is 15.9 Å². The van der Waals surface area contributed by atoms with Crippen molar-refractivity contribution >= 4 is 15.9 Å². The zero-order valence-electron chi connectivity index (χ0n) is 10.8. The Morgan fingerprint density at radius 3 is 3.11 bits per heavy atom. The molecule has 2 N–H and O–H groups in total. The molecule has 0 amide bonds. The smallest absolute Gasteiger partial charge is 0.125 e. The molecule has 0 radical (unpaired) electrons. The minimum Gasteiger partial charge on any atom is -0.493 e. The second-order valence-electron chi connectivity index (χ2n) is 4.88.